The van der Waals surface area contributed by atoms with Gasteiger partial charge in [0.25, 0.3) is 0 Å². The van der Waals surface area contributed by atoms with E-state index in [0.29, 0.717) is 12.5 Å². The standard InChI is InChI=1S/C69H65N3/c1-4-6-23-54(47-70)60(30-7-5-2)61-34-19-18-33-59(61)53-38-42-69-65(46-53)63-44-51(36-40-67(63)72(69)56-28-12-9-13-29-56)50-35-39-66-62(43-50)64-45-52(37-41-68(64)71(66)55-26-10-8-11-27-55)58-32-17-16-31-57(58)49-24-15-14-21-48(3)22-20-25-49/h5,7-13,16-20,22,25-46,48,54H,4,6,14-15,21,23-24,47,70H2,1-3H3/b7-5-,22-20-,49-25?,60-30+. The van der Waals surface area contributed by atoms with E-state index in [9.17, 15) is 0 Å². The first-order chi connectivity index (χ1) is 35.5. The summed E-state index contributed by atoms with van der Waals surface area (Å²) in [5.74, 6) is 0.882. The molecule has 11 rings (SSSR count). The van der Waals surface area contributed by atoms with Crippen molar-refractivity contribution >= 4 is 54.8 Å². The Bertz CT molecular complexity index is 3690. The molecule has 3 heteroatoms. The molecule has 10 aromatic rings. The molecule has 2 heterocycles. The molecule has 8 aromatic carbocycles. The third kappa shape index (κ3) is 8.99. The van der Waals surface area contributed by atoms with Crippen LogP contribution in [0, 0.1) is 11.8 Å². The Balaban J connectivity index is 1.08. The van der Waals surface area contributed by atoms with Crippen LogP contribution in [0.25, 0.3) is 99.5 Å². The average molecular weight is 936 g/mol. The lowest BCUT2D eigenvalue weighted by Gasteiger charge is -2.22. The molecule has 356 valence electrons. The zero-order valence-corrected chi connectivity index (χ0v) is 42.1. The number of rotatable bonds is 13. The lowest BCUT2D eigenvalue weighted by atomic mass is 9.84. The summed E-state index contributed by atoms with van der Waals surface area (Å²) in [6.45, 7) is 7.30. The van der Waals surface area contributed by atoms with E-state index in [2.05, 4.69) is 248 Å². The molecule has 72 heavy (non-hydrogen) atoms. The van der Waals surface area contributed by atoms with Crippen molar-refractivity contribution in [3.05, 3.63) is 230 Å². The number of hydrogen-bond donors (Lipinski definition) is 1. The maximum Gasteiger partial charge on any atom is 0.0541 e. The fourth-order valence-electron chi connectivity index (χ4n) is 11.5. The lowest BCUT2D eigenvalue weighted by molar-refractivity contribution is 0.577. The first-order valence-corrected chi connectivity index (χ1v) is 26.4. The van der Waals surface area contributed by atoms with Gasteiger partial charge in [0.15, 0.2) is 0 Å². The summed E-state index contributed by atoms with van der Waals surface area (Å²) in [5, 5.41) is 4.95. The van der Waals surface area contributed by atoms with Crippen LogP contribution in [-0.2, 0) is 0 Å². The van der Waals surface area contributed by atoms with Gasteiger partial charge in [-0.3, -0.25) is 0 Å². The van der Waals surface area contributed by atoms with Gasteiger partial charge in [0, 0.05) is 32.9 Å². The predicted octanol–water partition coefficient (Wildman–Crippen LogP) is 18.8. The van der Waals surface area contributed by atoms with E-state index in [4.69, 9.17) is 5.73 Å². The summed E-state index contributed by atoms with van der Waals surface area (Å²) in [4.78, 5) is 0. The van der Waals surface area contributed by atoms with Crippen molar-refractivity contribution in [2.75, 3.05) is 6.54 Å². The fourth-order valence-corrected chi connectivity index (χ4v) is 11.5. The number of unbranched alkanes of at least 4 members (excludes halogenated alkanes) is 1. The van der Waals surface area contributed by atoms with Crippen molar-refractivity contribution in [1.82, 2.24) is 9.13 Å². The van der Waals surface area contributed by atoms with Crippen LogP contribution in [0.2, 0.25) is 0 Å². The number of fused-ring (bicyclic) bond motifs is 6. The lowest BCUT2D eigenvalue weighted by Crippen LogP contribution is -2.16. The van der Waals surface area contributed by atoms with Gasteiger partial charge in [-0.05, 0) is 179 Å². The SMILES string of the molecule is C/C=C\C=C(\c1ccccc1-c1ccc2c(c1)c1cc(-c3ccc4c(c3)c3cc(-c5ccccc5C5=C/C=C\C(C)CCCC5)ccc3n4-c3ccccc3)ccc1n2-c1ccccc1)C(CN)CCCC. The number of nitrogens with two attached hydrogens (primary N) is 1. The van der Waals surface area contributed by atoms with E-state index in [1.54, 1.807) is 0 Å². The maximum absolute atomic E-state index is 6.56. The van der Waals surface area contributed by atoms with Gasteiger partial charge >= 0.3 is 0 Å². The monoisotopic (exact) mass is 936 g/mol. The summed E-state index contributed by atoms with van der Waals surface area (Å²) in [6.07, 6.45) is 21.8. The third-order valence-electron chi connectivity index (χ3n) is 15.2. The number of allylic oxidation sites excluding steroid dienone is 7. The Kier molecular flexibility index (Phi) is 13.6. The molecule has 2 atom stereocenters. The van der Waals surface area contributed by atoms with Gasteiger partial charge in [-0.2, -0.15) is 0 Å². The van der Waals surface area contributed by atoms with Crippen LogP contribution in [0.3, 0.4) is 0 Å². The average Bonchev–Trinajstić information content (AvgIpc) is 3.97. The molecular formula is C69H65N3. The molecule has 2 N–H and O–H groups in total. The van der Waals surface area contributed by atoms with Gasteiger partial charge in [-0.25, -0.2) is 0 Å². The number of nitrogens with zero attached hydrogens (tertiary/aromatic N) is 2. The molecule has 0 saturated heterocycles. The molecule has 0 fully saturated rings. The Labute approximate surface area is 426 Å². The molecule has 0 bridgehead atoms. The van der Waals surface area contributed by atoms with Gasteiger partial charge in [-0.1, -0.05) is 179 Å². The highest BCUT2D eigenvalue weighted by atomic mass is 15.0. The number of para-hydroxylation sites is 2. The molecule has 1 aliphatic carbocycles. The second-order valence-corrected chi connectivity index (χ2v) is 19.9. The van der Waals surface area contributed by atoms with Crippen molar-refractivity contribution in [3.8, 4) is 44.8 Å². The highest BCUT2D eigenvalue weighted by Gasteiger charge is 2.21. The van der Waals surface area contributed by atoms with Crippen LogP contribution < -0.4 is 5.73 Å². The minimum Gasteiger partial charge on any atom is -0.330 e. The highest BCUT2D eigenvalue weighted by Crippen LogP contribution is 2.43. The Morgan fingerprint density at radius 1 is 0.583 bits per heavy atom. The normalized spacial score (nSPS) is 15.5. The van der Waals surface area contributed by atoms with Gasteiger partial charge in [0.05, 0.1) is 22.1 Å². The molecule has 2 aromatic heterocycles. The minimum absolute atomic E-state index is 0.273. The predicted molar refractivity (Wildman–Crippen MR) is 311 cm³/mol. The van der Waals surface area contributed by atoms with Crippen molar-refractivity contribution in [2.24, 2.45) is 17.6 Å². The highest BCUT2D eigenvalue weighted by molar-refractivity contribution is 6.14. The van der Waals surface area contributed by atoms with Gasteiger partial charge in [0.1, 0.15) is 0 Å². The number of benzene rings is 8. The van der Waals surface area contributed by atoms with Crippen molar-refractivity contribution < 1.29 is 0 Å². The summed E-state index contributed by atoms with van der Waals surface area (Å²) in [7, 11) is 0. The van der Waals surface area contributed by atoms with Gasteiger partial charge < -0.3 is 14.9 Å². The molecule has 0 radical (unpaired) electrons. The quantitative estimate of drug-likeness (QED) is 0.115. The van der Waals surface area contributed by atoms with Crippen LogP contribution in [-0.4, -0.2) is 15.7 Å². The van der Waals surface area contributed by atoms with Crippen LogP contribution in [0.15, 0.2) is 218 Å². The first kappa shape index (κ1) is 46.7. The molecule has 1 aliphatic rings. The molecule has 0 saturated carbocycles. The first-order valence-electron chi connectivity index (χ1n) is 26.4. The molecule has 0 spiro atoms. The van der Waals surface area contributed by atoms with Crippen LogP contribution in [0.1, 0.15) is 76.8 Å². The van der Waals surface area contributed by atoms with Crippen LogP contribution >= 0.6 is 0 Å². The molecule has 3 nitrogen and oxygen atoms in total. The summed E-state index contributed by atoms with van der Waals surface area (Å²) in [5.41, 5.74) is 26.3. The molecule has 0 aliphatic heterocycles. The Morgan fingerprint density at radius 3 is 1.64 bits per heavy atom. The smallest absolute Gasteiger partial charge is 0.0541 e. The van der Waals surface area contributed by atoms with E-state index < -0.39 is 0 Å². The minimum atomic E-state index is 0.273. The largest absolute Gasteiger partial charge is 0.330 e. The second kappa shape index (κ2) is 20.9. The summed E-state index contributed by atoms with van der Waals surface area (Å²) >= 11 is 0. The second-order valence-electron chi connectivity index (χ2n) is 19.9. The Morgan fingerprint density at radius 2 is 1.08 bits per heavy atom. The van der Waals surface area contributed by atoms with E-state index in [0.717, 1.165) is 37.1 Å². The zero-order chi connectivity index (χ0) is 49.0. The van der Waals surface area contributed by atoms with E-state index in [1.807, 2.05) is 0 Å². The molecule has 2 unspecified atom stereocenters. The van der Waals surface area contributed by atoms with E-state index >= 15 is 0 Å². The van der Waals surface area contributed by atoms with Gasteiger partial charge in [-0.15, -0.1) is 0 Å². The topological polar surface area (TPSA) is 35.9 Å². The summed E-state index contributed by atoms with van der Waals surface area (Å²) in [6, 6.07) is 67.9. The fraction of sp³-hybridized carbons (Fsp3) is 0.188. The van der Waals surface area contributed by atoms with Crippen molar-refractivity contribution in [2.45, 2.75) is 65.7 Å². The maximum atomic E-state index is 6.56. The van der Waals surface area contributed by atoms with Crippen molar-refractivity contribution in [3.63, 3.8) is 0 Å². The van der Waals surface area contributed by atoms with Gasteiger partial charge in [0.2, 0.25) is 0 Å². The van der Waals surface area contributed by atoms with E-state index in [1.165, 1.54) is 119 Å². The number of hydrogen-bond acceptors (Lipinski definition) is 1. The summed E-state index contributed by atoms with van der Waals surface area (Å²) < 4.78 is 4.86. The van der Waals surface area contributed by atoms with Crippen LogP contribution in [0.5, 0.6) is 0 Å². The molecule has 0 amide bonds. The van der Waals surface area contributed by atoms with Crippen molar-refractivity contribution in [1.29, 1.82) is 0 Å². The third-order valence-corrected chi connectivity index (χ3v) is 15.2. The van der Waals surface area contributed by atoms with E-state index in [-0.39, 0.29) is 5.92 Å². The van der Waals surface area contributed by atoms with Crippen LogP contribution in [0.4, 0.5) is 0 Å². The Hall–Kier alpha value is -7.72. The zero-order valence-electron chi connectivity index (χ0n) is 42.1. The number of aromatic nitrogens is 2. The molecular weight excluding hydrogens is 871 g/mol.